The van der Waals surface area contributed by atoms with E-state index in [-0.39, 0.29) is 17.7 Å². The van der Waals surface area contributed by atoms with Crippen LogP contribution in [-0.4, -0.2) is 43.5 Å². The van der Waals surface area contributed by atoms with E-state index in [0.717, 1.165) is 35.2 Å². The Morgan fingerprint density at radius 2 is 1.90 bits per heavy atom. The number of likely N-dealkylation sites (tertiary alicyclic amines) is 1. The van der Waals surface area contributed by atoms with Crippen LogP contribution in [0.5, 0.6) is 5.75 Å². The highest BCUT2D eigenvalue weighted by atomic mass is 79.9. The van der Waals surface area contributed by atoms with Crippen LogP contribution in [0.25, 0.3) is 6.08 Å². The molecular formula is C23H25BrN2O3. The summed E-state index contributed by atoms with van der Waals surface area (Å²) in [4.78, 5) is 26.7. The first-order valence-electron chi connectivity index (χ1n) is 9.70. The van der Waals surface area contributed by atoms with Gasteiger partial charge in [0.1, 0.15) is 5.75 Å². The monoisotopic (exact) mass is 456 g/mol. The molecule has 0 aromatic heterocycles. The zero-order valence-electron chi connectivity index (χ0n) is 16.4. The molecule has 29 heavy (non-hydrogen) atoms. The highest BCUT2D eigenvalue weighted by Gasteiger charge is 2.23. The number of hydrogen-bond donors (Lipinski definition) is 1. The van der Waals surface area contributed by atoms with E-state index >= 15 is 0 Å². The SMILES string of the molecule is COc1ccc(C(=O)NCC2CCCN(C(=O)/C=C/c3ccc(Br)cc3)C2)cc1. The number of rotatable bonds is 6. The highest BCUT2D eigenvalue weighted by molar-refractivity contribution is 9.10. The van der Waals surface area contributed by atoms with Crippen molar-refractivity contribution in [1.29, 1.82) is 0 Å². The van der Waals surface area contributed by atoms with E-state index in [0.29, 0.717) is 18.7 Å². The highest BCUT2D eigenvalue weighted by Crippen LogP contribution is 2.18. The first-order chi connectivity index (χ1) is 14.0. The lowest BCUT2D eigenvalue weighted by atomic mass is 9.97. The van der Waals surface area contributed by atoms with Gasteiger partial charge in [0.2, 0.25) is 5.91 Å². The van der Waals surface area contributed by atoms with Gasteiger partial charge in [-0.15, -0.1) is 0 Å². The molecular weight excluding hydrogens is 432 g/mol. The fourth-order valence-corrected chi connectivity index (χ4v) is 3.62. The summed E-state index contributed by atoms with van der Waals surface area (Å²) in [6.45, 7) is 1.98. The quantitative estimate of drug-likeness (QED) is 0.664. The lowest BCUT2D eigenvalue weighted by molar-refractivity contribution is -0.127. The number of carbonyl (C=O) groups is 2. The maximum absolute atomic E-state index is 12.5. The molecule has 2 amide bonds. The van der Waals surface area contributed by atoms with Crippen molar-refractivity contribution in [1.82, 2.24) is 10.2 Å². The second kappa shape index (κ2) is 10.3. The summed E-state index contributed by atoms with van der Waals surface area (Å²) in [6.07, 6.45) is 5.41. The number of carbonyl (C=O) groups excluding carboxylic acids is 2. The minimum absolute atomic E-state index is 0.0131. The molecule has 1 aliphatic heterocycles. The summed E-state index contributed by atoms with van der Waals surface area (Å²) in [5.41, 5.74) is 1.59. The third-order valence-corrected chi connectivity index (χ3v) is 5.55. The summed E-state index contributed by atoms with van der Waals surface area (Å²) >= 11 is 3.41. The second-order valence-electron chi connectivity index (χ2n) is 7.12. The maximum Gasteiger partial charge on any atom is 0.251 e. The predicted octanol–water partition coefficient (Wildman–Crippen LogP) is 4.14. The van der Waals surface area contributed by atoms with Gasteiger partial charge >= 0.3 is 0 Å². The molecule has 1 fully saturated rings. The Bertz CT molecular complexity index is 863. The van der Waals surface area contributed by atoms with Gasteiger partial charge in [0.25, 0.3) is 5.91 Å². The molecule has 5 nitrogen and oxygen atoms in total. The van der Waals surface area contributed by atoms with Crippen LogP contribution in [0.3, 0.4) is 0 Å². The van der Waals surface area contributed by atoms with E-state index in [9.17, 15) is 9.59 Å². The van der Waals surface area contributed by atoms with Crippen LogP contribution in [-0.2, 0) is 4.79 Å². The number of nitrogens with zero attached hydrogens (tertiary/aromatic N) is 1. The van der Waals surface area contributed by atoms with Crippen LogP contribution in [0.2, 0.25) is 0 Å². The van der Waals surface area contributed by atoms with Crippen molar-refractivity contribution < 1.29 is 14.3 Å². The van der Waals surface area contributed by atoms with E-state index in [1.807, 2.05) is 35.2 Å². The lowest BCUT2D eigenvalue weighted by Gasteiger charge is -2.32. The minimum Gasteiger partial charge on any atom is -0.497 e. The molecule has 0 bridgehead atoms. The van der Waals surface area contributed by atoms with Crippen molar-refractivity contribution in [2.45, 2.75) is 12.8 Å². The molecule has 3 rings (SSSR count). The molecule has 0 spiro atoms. The molecule has 0 aliphatic carbocycles. The molecule has 1 N–H and O–H groups in total. The van der Waals surface area contributed by atoms with Crippen molar-refractivity contribution in [2.24, 2.45) is 5.92 Å². The van der Waals surface area contributed by atoms with Crippen molar-refractivity contribution in [3.8, 4) is 5.75 Å². The van der Waals surface area contributed by atoms with E-state index in [2.05, 4.69) is 21.2 Å². The average Bonchev–Trinajstić information content (AvgIpc) is 2.77. The third kappa shape index (κ3) is 6.19. The molecule has 0 radical (unpaired) electrons. The maximum atomic E-state index is 12.5. The van der Waals surface area contributed by atoms with Crippen LogP contribution in [0, 0.1) is 5.92 Å². The molecule has 152 valence electrons. The number of halogens is 1. The first kappa shape index (κ1) is 21.1. The fourth-order valence-electron chi connectivity index (χ4n) is 3.36. The van der Waals surface area contributed by atoms with Crippen LogP contribution < -0.4 is 10.1 Å². The lowest BCUT2D eigenvalue weighted by Crippen LogP contribution is -2.43. The average molecular weight is 457 g/mol. The van der Waals surface area contributed by atoms with Crippen molar-refractivity contribution in [3.05, 3.63) is 70.2 Å². The van der Waals surface area contributed by atoms with E-state index in [4.69, 9.17) is 4.74 Å². The molecule has 0 saturated carbocycles. The van der Waals surface area contributed by atoms with Gasteiger partial charge in [-0.05, 0) is 66.8 Å². The minimum atomic E-state index is -0.105. The summed E-state index contributed by atoms with van der Waals surface area (Å²) < 4.78 is 6.13. The molecule has 1 aliphatic rings. The number of methoxy groups -OCH3 is 1. The number of ether oxygens (including phenoxy) is 1. The van der Waals surface area contributed by atoms with Crippen LogP contribution >= 0.6 is 15.9 Å². The van der Waals surface area contributed by atoms with Gasteiger partial charge in [-0.2, -0.15) is 0 Å². The zero-order valence-corrected chi connectivity index (χ0v) is 18.0. The number of hydrogen-bond acceptors (Lipinski definition) is 3. The van der Waals surface area contributed by atoms with Gasteiger partial charge in [-0.3, -0.25) is 9.59 Å². The van der Waals surface area contributed by atoms with Crippen molar-refractivity contribution in [2.75, 3.05) is 26.7 Å². The molecule has 2 aromatic rings. The standard InChI is InChI=1S/C23H25BrN2O3/c1-29-21-11-7-19(8-12-21)23(28)25-15-18-3-2-14-26(16-18)22(27)13-6-17-4-9-20(24)10-5-17/h4-13,18H,2-3,14-16H2,1H3,(H,25,28)/b13-6+. The van der Waals surface area contributed by atoms with E-state index < -0.39 is 0 Å². The van der Waals surface area contributed by atoms with Crippen molar-refractivity contribution in [3.63, 3.8) is 0 Å². The molecule has 1 unspecified atom stereocenters. The smallest absolute Gasteiger partial charge is 0.251 e. The molecule has 2 aromatic carbocycles. The third-order valence-electron chi connectivity index (χ3n) is 5.02. The van der Waals surface area contributed by atoms with Gasteiger partial charge in [0.15, 0.2) is 0 Å². The number of nitrogens with one attached hydrogen (secondary N) is 1. The Kier molecular flexibility index (Phi) is 7.47. The van der Waals surface area contributed by atoms with Gasteiger partial charge in [0.05, 0.1) is 7.11 Å². The first-order valence-corrected chi connectivity index (χ1v) is 10.5. The summed E-state index contributed by atoms with van der Waals surface area (Å²) in [7, 11) is 1.60. The Labute approximate surface area is 179 Å². The largest absolute Gasteiger partial charge is 0.497 e. The van der Waals surface area contributed by atoms with Crippen LogP contribution in [0.4, 0.5) is 0 Å². The predicted molar refractivity (Wildman–Crippen MR) is 118 cm³/mol. The number of piperidine rings is 1. The molecule has 1 atom stereocenters. The Hall–Kier alpha value is -2.60. The topological polar surface area (TPSA) is 58.6 Å². The molecule has 6 heteroatoms. The summed E-state index contributed by atoms with van der Waals surface area (Å²) in [5.74, 6) is 0.889. The number of benzene rings is 2. The summed E-state index contributed by atoms with van der Waals surface area (Å²) in [6, 6.07) is 14.9. The Balaban J connectivity index is 1.49. The normalized spacial score (nSPS) is 16.6. The number of amides is 2. The fraction of sp³-hybridized carbons (Fsp3) is 0.304. The van der Waals surface area contributed by atoms with Gasteiger partial charge in [-0.1, -0.05) is 28.1 Å². The summed E-state index contributed by atoms with van der Waals surface area (Å²) in [5, 5.41) is 2.99. The Morgan fingerprint density at radius 3 is 2.59 bits per heavy atom. The second-order valence-corrected chi connectivity index (χ2v) is 8.03. The van der Waals surface area contributed by atoms with Crippen LogP contribution in [0.15, 0.2) is 59.1 Å². The Morgan fingerprint density at radius 1 is 1.17 bits per heavy atom. The van der Waals surface area contributed by atoms with Gasteiger partial charge in [0, 0.05) is 35.7 Å². The van der Waals surface area contributed by atoms with E-state index in [1.54, 1.807) is 37.5 Å². The van der Waals surface area contributed by atoms with Gasteiger partial charge in [-0.25, -0.2) is 0 Å². The molecule has 1 heterocycles. The zero-order chi connectivity index (χ0) is 20.6. The molecule has 1 saturated heterocycles. The van der Waals surface area contributed by atoms with Crippen LogP contribution in [0.1, 0.15) is 28.8 Å². The van der Waals surface area contributed by atoms with Crippen molar-refractivity contribution >= 4 is 33.8 Å². The van der Waals surface area contributed by atoms with Gasteiger partial charge < -0.3 is 15.0 Å². The van der Waals surface area contributed by atoms with E-state index in [1.165, 1.54) is 0 Å².